The van der Waals surface area contributed by atoms with E-state index in [2.05, 4.69) is 5.32 Å². The molecule has 20 heavy (non-hydrogen) atoms. The Morgan fingerprint density at radius 2 is 1.65 bits per heavy atom. The smallest absolute Gasteiger partial charge is 0.225 e. The first kappa shape index (κ1) is 14.3. The summed E-state index contributed by atoms with van der Waals surface area (Å²) in [5, 5.41) is 3.00. The first-order valence-electron chi connectivity index (χ1n) is 6.58. The third-order valence-electron chi connectivity index (χ3n) is 3.23. The molecule has 104 valence electrons. The number of carbonyl (C=O) groups is 1. The Kier molecular flexibility index (Phi) is 4.18. The number of carbonyl (C=O) groups excluding carboxylic acids is 1. The van der Waals surface area contributed by atoms with Crippen molar-refractivity contribution < 1.29 is 9.18 Å². The molecule has 0 saturated carbocycles. The van der Waals surface area contributed by atoms with Gasteiger partial charge in [-0.3, -0.25) is 4.79 Å². The van der Waals surface area contributed by atoms with Crippen molar-refractivity contribution in [2.24, 2.45) is 0 Å². The molecule has 0 aliphatic carbocycles. The van der Waals surface area contributed by atoms with Crippen molar-refractivity contribution >= 4 is 5.91 Å². The van der Waals surface area contributed by atoms with E-state index >= 15 is 0 Å². The molecule has 0 aliphatic rings. The molecule has 2 aromatic rings. The molecule has 1 amide bonds. The van der Waals surface area contributed by atoms with Crippen LogP contribution in [-0.2, 0) is 16.8 Å². The summed E-state index contributed by atoms with van der Waals surface area (Å²) in [7, 11) is 0. The number of amides is 1. The molecular weight excluding hydrogens is 253 g/mol. The van der Waals surface area contributed by atoms with Crippen LogP contribution >= 0.6 is 0 Å². The van der Waals surface area contributed by atoms with Crippen LogP contribution in [0.25, 0.3) is 0 Å². The van der Waals surface area contributed by atoms with Gasteiger partial charge in [-0.05, 0) is 37.1 Å². The van der Waals surface area contributed by atoms with E-state index in [9.17, 15) is 9.18 Å². The molecule has 0 unspecified atom stereocenters. The summed E-state index contributed by atoms with van der Waals surface area (Å²) in [6.45, 7) is 3.93. The van der Waals surface area contributed by atoms with Gasteiger partial charge in [0, 0.05) is 0 Å². The number of benzene rings is 2. The zero-order valence-corrected chi connectivity index (χ0v) is 11.7. The molecule has 0 spiro atoms. The maximum atomic E-state index is 12.8. The minimum atomic E-state index is -0.432. The van der Waals surface area contributed by atoms with E-state index in [1.165, 1.54) is 12.1 Å². The third-order valence-corrected chi connectivity index (χ3v) is 3.23. The molecule has 2 aromatic carbocycles. The molecular formula is C17H18FNO. The Morgan fingerprint density at radius 1 is 1.05 bits per heavy atom. The Bertz CT molecular complexity index is 576. The molecule has 0 aromatic heterocycles. The SMILES string of the molecule is CC(C)(NC(=O)Cc1ccc(F)cc1)c1ccccc1. The highest BCUT2D eigenvalue weighted by atomic mass is 19.1. The van der Waals surface area contributed by atoms with Crippen LogP contribution < -0.4 is 5.32 Å². The van der Waals surface area contributed by atoms with E-state index in [0.717, 1.165) is 11.1 Å². The zero-order chi connectivity index (χ0) is 14.6. The summed E-state index contributed by atoms with van der Waals surface area (Å²) in [6, 6.07) is 15.8. The largest absolute Gasteiger partial charge is 0.347 e. The lowest BCUT2D eigenvalue weighted by atomic mass is 9.94. The summed E-state index contributed by atoms with van der Waals surface area (Å²) in [5.74, 6) is -0.371. The highest BCUT2D eigenvalue weighted by Crippen LogP contribution is 2.19. The molecule has 1 N–H and O–H groups in total. The first-order valence-corrected chi connectivity index (χ1v) is 6.58. The van der Waals surface area contributed by atoms with Crippen molar-refractivity contribution in [1.82, 2.24) is 5.32 Å². The summed E-state index contributed by atoms with van der Waals surface area (Å²) in [5.41, 5.74) is 1.42. The maximum absolute atomic E-state index is 12.8. The second kappa shape index (κ2) is 5.87. The summed E-state index contributed by atoms with van der Waals surface area (Å²) >= 11 is 0. The molecule has 2 nitrogen and oxygen atoms in total. The van der Waals surface area contributed by atoms with Gasteiger partial charge < -0.3 is 5.32 Å². The van der Waals surface area contributed by atoms with Crippen LogP contribution in [0.5, 0.6) is 0 Å². The summed E-state index contributed by atoms with van der Waals surface area (Å²) in [4.78, 5) is 12.1. The fraction of sp³-hybridized carbons (Fsp3) is 0.235. The lowest BCUT2D eigenvalue weighted by molar-refractivity contribution is -0.122. The third kappa shape index (κ3) is 3.67. The van der Waals surface area contributed by atoms with Crippen molar-refractivity contribution in [1.29, 1.82) is 0 Å². The zero-order valence-electron chi connectivity index (χ0n) is 11.7. The Morgan fingerprint density at radius 3 is 2.25 bits per heavy atom. The number of hydrogen-bond acceptors (Lipinski definition) is 1. The van der Waals surface area contributed by atoms with Gasteiger partial charge in [0.1, 0.15) is 5.82 Å². The highest BCUT2D eigenvalue weighted by molar-refractivity contribution is 5.79. The number of hydrogen-bond donors (Lipinski definition) is 1. The molecule has 0 bridgehead atoms. The average Bonchev–Trinajstić information content (AvgIpc) is 2.42. The predicted molar refractivity (Wildman–Crippen MR) is 77.7 cm³/mol. The summed E-state index contributed by atoms with van der Waals surface area (Å²) < 4.78 is 12.8. The van der Waals surface area contributed by atoms with Crippen LogP contribution in [0.2, 0.25) is 0 Å². The van der Waals surface area contributed by atoms with Gasteiger partial charge in [-0.2, -0.15) is 0 Å². The van der Waals surface area contributed by atoms with Crippen molar-refractivity contribution in [3.63, 3.8) is 0 Å². The highest BCUT2D eigenvalue weighted by Gasteiger charge is 2.22. The van der Waals surface area contributed by atoms with E-state index in [4.69, 9.17) is 0 Å². The molecule has 0 heterocycles. The second-order valence-electron chi connectivity index (χ2n) is 5.34. The topological polar surface area (TPSA) is 29.1 Å². The van der Waals surface area contributed by atoms with Crippen molar-refractivity contribution in [2.45, 2.75) is 25.8 Å². The van der Waals surface area contributed by atoms with Gasteiger partial charge in [0.25, 0.3) is 0 Å². The van der Waals surface area contributed by atoms with Crippen LogP contribution in [0.4, 0.5) is 4.39 Å². The molecule has 0 aliphatic heterocycles. The predicted octanol–water partition coefficient (Wildman–Crippen LogP) is 3.42. The minimum absolute atomic E-state index is 0.0783. The number of nitrogens with one attached hydrogen (secondary N) is 1. The second-order valence-corrected chi connectivity index (χ2v) is 5.34. The Labute approximate surface area is 118 Å². The summed E-state index contributed by atoms with van der Waals surface area (Å²) in [6.07, 6.45) is 0.247. The van der Waals surface area contributed by atoms with Gasteiger partial charge in [-0.25, -0.2) is 4.39 Å². The van der Waals surface area contributed by atoms with E-state index in [-0.39, 0.29) is 18.1 Å². The van der Waals surface area contributed by atoms with Crippen LogP contribution in [-0.4, -0.2) is 5.91 Å². The fourth-order valence-electron chi connectivity index (χ4n) is 2.11. The van der Waals surface area contributed by atoms with Crippen LogP contribution in [0, 0.1) is 5.82 Å². The molecule has 0 atom stereocenters. The molecule has 0 radical (unpaired) electrons. The standard InChI is InChI=1S/C17H18FNO/c1-17(2,14-6-4-3-5-7-14)19-16(20)12-13-8-10-15(18)11-9-13/h3-11H,12H2,1-2H3,(H,19,20). The molecule has 3 heteroatoms. The van der Waals surface area contributed by atoms with Crippen molar-refractivity contribution in [3.8, 4) is 0 Å². The normalized spacial score (nSPS) is 11.2. The van der Waals surface area contributed by atoms with Crippen LogP contribution in [0.15, 0.2) is 54.6 Å². The lowest BCUT2D eigenvalue weighted by Crippen LogP contribution is -2.41. The Hall–Kier alpha value is -2.16. The average molecular weight is 271 g/mol. The monoisotopic (exact) mass is 271 g/mol. The van der Waals surface area contributed by atoms with Gasteiger partial charge in [-0.15, -0.1) is 0 Å². The number of rotatable bonds is 4. The van der Waals surface area contributed by atoms with E-state index < -0.39 is 5.54 Å². The van der Waals surface area contributed by atoms with Crippen molar-refractivity contribution in [2.75, 3.05) is 0 Å². The molecule has 2 rings (SSSR count). The number of halogens is 1. The van der Waals surface area contributed by atoms with Gasteiger partial charge in [-0.1, -0.05) is 42.5 Å². The van der Waals surface area contributed by atoms with Crippen molar-refractivity contribution in [3.05, 3.63) is 71.5 Å². The van der Waals surface area contributed by atoms with E-state index in [1.807, 2.05) is 44.2 Å². The van der Waals surface area contributed by atoms with Gasteiger partial charge in [0.05, 0.1) is 12.0 Å². The van der Waals surface area contributed by atoms with Crippen LogP contribution in [0.3, 0.4) is 0 Å². The minimum Gasteiger partial charge on any atom is -0.347 e. The molecule has 0 saturated heterocycles. The van der Waals surface area contributed by atoms with Gasteiger partial charge >= 0.3 is 0 Å². The van der Waals surface area contributed by atoms with Crippen LogP contribution in [0.1, 0.15) is 25.0 Å². The van der Waals surface area contributed by atoms with E-state index in [1.54, 1.807) is 12.1 Å². The quantitative estimate of drug-likeness (QED) is 0.907. The van der Waals surface area contributed by atoms with Gasteiger partial charge in [0.15, 0.2) is 0 Å². The van der Waals surface area contributed by atoms with E-state index in [0.29, 0.717) is 0 Å². The Balaban J connectivity index is 2.02. The van der Waals surface area contributed by atoms with Gasteiger partial charge in [0.2, 0.25) is 5.91 Å². The fourth-order valence-corrected chi connectivity index (χ4v) is 2.11. The first-order chi connectivity index (χ1) is 9.47. The lowest BCUT2D eigenvalue weighted by Gasteiger charge is -2.27. The maximum Gasteiger partial charge on any atom is 0.225 e. The molecule has 0 fully saturated rings.